The summed E-state index contributed by atoms with van der Waals surface area (Å²) in [6.07, 6.45) is 3.43. The molecule has 142 valence electrons. The number of thiophene rings is 1. The molecule has 5 aromatic rings. The SMILES string of the molecule is Cc1ccccc1Cn1cnc(-c2ccccc2)c1-c1cc2c(N)ncnc2s1. The predicted molar refractivity (Wildman–Crippen MR) is 119 cm³/mol. The molecule has 6 heteroatoms. The maximum absolute atomic E-state index is 6.09. The van der Waals surface area contributed by atoms with Crippen molar-refractivity contribution in [2.24, 2.45) is 0 Å². The van der Waals surface area contributed by atoms with E-state index in [0.29, 0.717) is 5.82 Å². The summed E-state index contributed by atoms with van der Waals surface area (Å²) >= 11 is 1.61. The van der Waals surface area contributed by atoms with Gasteiger partial charge >= 0.3 is 0 Å². The lowest BCUT2D eigenvalue weighted by Crippen LogP contribution is -2.02. The van der Waals surface area contributed by atoms with Gasteiger partial charge in [-0.05, 0) is 24.1 Å². The van der Waals surface area contributed by atoms with Crippen molar-refractivity contribution in [3.8, 4) is 21.8 Å². The molecule has 0 atom stereocenters. The lowest BCUT2D eigenvalue weighted by atomic mass is 10.1. The van der Waals surface area contributed by atoms with E-state index in [2.05, 4.69) is 63.9 Å². The molecule has 0 unspecified atom stereocenters. The number of anilines is 1. The Bertz CT molecular complexity index is 1300. The van der Waals surface area contributed by atoms with Crippen LogP contribution in [0.2, 0.25) is 0 Å². The van der Waals surface area contributed by atoms with E-state index in [1.54, 1.807) is 11.3 Å². The zero-order valence-electron chi connectivity index (χ0n) is 15.9. The van der Waals surface area contributed by atoms with Crippen LogP contribution in [0.15, 0.2) is 73.3 Å². The largest absolute Gasteiger partial charge is 0.383 e. The van der Waals surface area contributed by atoms with Crippen molar-refractivity contribution >= 4 is 27.4 Å². The van der Waals surface area contributed by atoms with Crippen LogP contribution in [-0.4, -0.2) is 19.5 Å². The summed E-state index contributed by atoms with van der Waals surface area (Å²) in [7, 11) is 0. The molecule has 0 radical (unpaired) electrons. The number of aromatic nitrogens is 4. The van der Waals surface area contributed by atoms with Crippen LogP contribution in [0.5, 0.6) is 0 Å². The number of aryl methyl sites for hydroxylation is 1. The third-order valence-corrected chi connectivity index (χ3v) is 6.13. The molecule has 0 aliphatic heterocycles. The zero-order valence-corrected chi connectivity index (χ0v) is 16.7. The Morgan fingerprint density at radius 3 is 2.55 bits per heavy atom. The maximum Gasteiger partial charge on any atom is 0.135 e. The highest BCUT2D eigenvalue weighted by atomic mass is 32.1. The second-order valence-corrected chi connectivity index (χ2v) is 7.98. The van der Waals surface area contributed by atoms with Crippen molar-refractivity contribution in [2.45, 2.75) is 13.5 Å². The highest BCUT2D eigenvalue weighted by molar-refractivity contribution is 7.21. The van der Waals surface area contributed by atoms with E-state index in [4.69, 9.17) is 10.7 Å². The Morgan fingerprint density at radius 2 is 1.76 bits per heavy atom. The van der Waals surface area contributed by atoms with E-state index < -0.39 is 0 Å². The van der Waals surface area contributed by atoms with Gasteiger partial charge in [-0.3, -0.25) is 0 Å². The predicted octanol–water partition coefficient (Wildman–Crippen LogP) is 5.16. The van der Waals surface area contributed by atoms with Gasteiger partial charge in [0.2, 0.25) is 0 Å². The summed E-state index contributed by atoms with van der Waals surface area (Å²) in [5, 5.41) is 0.884. The second kappa shape index (κ2) is 7.14. The average molecular weight is 398 g/mol. The van der Waals surface area contributed by atoms with Crippen LogP contribution in [0.4, 0.5) is 5.82 Å². The first kappa shape index (κ1) is 17.6. The average Bonchev–Trinajstić information content (AvgIpc) is 3.35. The smallest absolute Gasteiger partial charge is 0.135 e. The summed E-state index contributed by atoms with van der Waals surface area (Å²) in [6, 6.07) is 20.8. The fourth-order valence-electron chi connectivity index (χ4n) is 3.53. The summed E-state index contributed by atoms with van der Waals surface area (Å²) in [6.45, 7) is 2.89. The molecule has 0 amide bonds. The summed E-state index contributed by atoms with van der Waals surface area (Å²) < 4.78 is 2.21. The van der Waals surface area contributed by atoms with Crippen LogP contribution < -0.4 is 5.73 Å². The number of nitrogen functional groups attached to an aromatic ring is 1. The molecule has 2 aromatic carbocycles. The number of benzene rings is 2. The van der Waals surface area contributed by atoms with Crippen LogP contribution in [0, 0.1) is 6.92 Å². The fraction of sp³-hybridized carbons (Fsp3) is 0.0870. The topological polar surface area (TPSA) is 69.6 Å². The van der Waals surface area contributed by atoms with Crippen molar-refractivity contribution in [3.05, 3.63) is 84.4 Å². The van der Waals surface area contributed by atoms with Crippen LogP contribution in [0.1, 0.15) is 11.1 Å². The first-order chi connectivity index (χ1) is 14.2. The minimum absolute atomic E-state index is 0.503. The Balaban J connectivity index is 1.71. The molecule has 0 aliphatic carbocycles. The van der Waals surface area contributed by atoms with E-state index in [1.165, 1.54) is 17.5 Å². The second-order valence-electron chi connectivity index (χ2n) is 6.95. The molecule has 2 N–H and O–H groups in total. The van der Waals surface area contributed by atoms with Gasteiger partial charge in [0.25, 0.3) is 0 Å². The van der Waals surface area contributed by atoms with Gasteiger partial charge in [-0.15, -0.1) is 11.3 Å². The van der Waals surface area contributed by atoms with Crippen molar-refractivity contribution < 1.29 is 0 Å². The number of rotatable bonds is 4. The number of imidazole rings is 1. The van der Waals surface area contributed by atoms with Gasteiger partial charge in [0.1, 0.15) is 17.0 Å². The lowest BCUT2D eigenvalue weighted by Gasteiger charge is -2.11. The van der Waals surface area contributed by atoms with Crippen LogP contribution in [0.3, 0.4) is 0 Å². The first-order valence-electron chi connectivity index (χ1n) is 9.36. The van der Waals surface area contributed by atoms with E-state index >= 15 is 0 Å². The van der Waals surface area contributed by atoms with E-state index in [9.17, 15) is 0 Å². The molecule has 5 nitrogen and oxygen atoms in total. The van der Waals surface area contributed by atoms with Gasteiger partial charge < -0.3 is 10.3 Å². The molecule has 3 heterocycles. The lowest BCUT2D eigenvalue weighted by molar-refractivity contribution is 0.801. The molecule has 0 saturated heterocycles. The normalized spacial score (nSPS) is 11.2. The molecule has 0 aliphatic rings. The molecule has 0 fully saturated rings. The Hall–Kier alpha value is -3.51. The summed E-state index contributed by atoms with van der Waals surface area (Å²) in [5.41, 5.74) is 11.7. The van der Waals surface area contributed by atoms with Crippen LogP contribution >= 0.6 is 11.3 Å². The Labute approximate surface area is 172 Å². The minimum Gasteiger partial charge on any atom is -0.383 e. The Kier molecular flexibility index (Phi) is 4.33. The van der Waals surface area contributed by atoms with Crippen LogP contribution in [-0.2, 0) is 6.54 Å². The van der Waals surface area contributed by atoms with Gasteiger partial charge in [0.15, 0.2) is 0 Å². The number of nitrogens with zero attached hydrogens (tertiary/aromatic N) is 4. The number of hydrogen-bond acceptors (Lipinski definition) is 5. The van der Waals surface area contributed by atoms with Gasteiger partial charge in [0, 0.05) is 12.1 Å². The van der Waals surface area contributed by atoms with Gasteiger partial charge in [-0.2, -0.15) is 0 Å². The van der Waals surface area contributed by atoms with E-state index in [1.807, 2.05) is 24.5 Å². The Morgan fingerprint density at radius 1 is 0.966 bits per heavy atom. The van der Waals surface area contributed by atoms with Crippen molar-refractivity contribution in [3.63, 3.8) is 0 Å². The number of hydrogen-bond donors (Lipinski definition) is 1. The zero-order chi connectivity index (χ0) is 19.8. The number of nitrogens with two attached hydrogens (primary N) is 1. The minimum atomic E-state index is 0.503. The molecular weight excluding hydrogens is 378 g/mol. The maximum atomic E-state index is 6.09. The fourth-order valence-corrected chi connectivity index (χ4v) is 4.60. The van der Waals surface area contributed by atoms with Crippen molar-refractivity contribution in [1.82, 2.24) is 19.5 Å². The van der Waals surface area contributed by atoms with Crippen molar-refractivity contribution in [1.29, 1.82) is 0 Å². The number of fused-ring (bicyclic) bond motifs is 1. The quantitative estimate of drug-likeness (QED) is 0.455. The molecule has 29 heavy (non-hydrogen) atoms. The van der Waals surface area contributed by atoms with E-state index in [-0.39, 0.29) is 0 Å². The molecule has 0 bridgehead atoms. The molecular formula is C23H19N5S. The van der Waals surface area contributed by atoms with Gasteiger partial charge in [-0.1, -0.05) is 54.6 Å². The summed E-state index contributed by atoms with van der Waals surface area (Å²) in [5.74, 6) is 0.503. The monoisotopic (exact) mass is 397 g/mol. The van der Waals surface area contributed by atoms with Crippen LogP contribution in [0.25, 0.3) is 32.0 Å². The highest BCUT2D eigenvalue weighted by Crippen LogP contribution is 2.39. The summed E-state index contributed by atoms with van der Waals surface area (Å²) in [4.78, 5) is 15.3. The third-order valence-electron chi connectivity index (χ3n) is 5.08. The highest BCUT2D eigenvalue weighted by Gasteiger charge is 2.19. The van der Waals surface area contributed by atoms with Gasteiger partial charge in [-0.25, -0.2) is 15.0 Å². The molecule has 5 rings (SSSR count). The molecule has 3 aromatic heterocycles. The first-order valence-corrected chi connectivity index (χ1v) is 10.2. The molecule has 0 spiro atoms. The van der Waals surface area contributed by atoms with Gasteiger partial charge in [0.05, 0.1) is 28.0 Å². The third kappa shape index (κ3) is 3.17. The molecule has 0 saturated carbocycles. The van der Waals surface area contributed by atoms with E-state index in [0.717, 1.165) is 38.6 Å². The standard InChI is InChI=1S/C23H19N5S/c1-15-7-5-6-10-17(15)12-28-14-27-20(16-8-3-2-4-9-16)21(28)19-11-18-22(24)25-13-26-23(18)29-19/h2-11,13-14H,12H2,1H3,(H2,24,25,26). The van der Waals surface area contributed by atoms with Crippen molar-refractivity contribution in [2.75, 3.05) is 5.73 Å².